The maximum absolute atomic E-state index is 11.8. The Hall–Kier alpha value is -2.76. The largest absolute Gasteiger partial charge is 0.482 e. The molecule has 0 aliphatic heterocycles. The Morgan fingerprint density at radius 1 is 1.18 bits per heavy atom. The second-order valence-electron chi connectivity index (χ2n) is 4.74. The predicted molar refractivity (Wildman–Crippen MR) is 79.1 cm³/mol. The molecule has 0 aliphatic carbocycles. The molecule has 0 radical (unpaired) electrons. The first-order valence-corrected chi connectivity index (χ1v) is 6.83. The summed E-state index contributed by atoms with van der Waals surface area (Å²) >= 11 is 0. The lowest BCUT2D eigenvalue weighted by Crippen LogP contribution is -2.25. The molecule has 1 aromatic heterocycles. The van der Waals surface area contributed by atoms with Crippen molar-refractivity contribution < 1.29 is 23.8 Å². The number of ether oxygens (including phenoxy) is 1. The van der Waals surface area contributed by atoms with Gasteiger partial charge in [-0.25, -0.2) is 4.79 Å². The van der Waals surface area contributed by atoms with E-state index in [1.807, 2.05) is 12.1 Å². The summed E-state index contributed by atoms with van der Waals surface area (Å²) in [6.07, 6.45) is 0.657. The molecule has 0 spiro atoms. The molecule has 1 heterocycles. The average Bonchev–Trinajstić information content (AvgIpc) is 2.93. The first-order chi connectivity index (χ1) is 10.5. The molecule has 1 amide bonds. The summed E-state index contributed by atoms with van der Waals surface area (Å²) in [5.74, 6) is 0.243. The summed E-state index contributed by atoms with van der Waals surface area (Å²) in [6, 6.07) is 10.5. The van der Waals surface area contributed by atoms with Gasteiger partial charge >= 0.3 is 5.97 Å². The van der Waals surface area contributed by atoms with Crippen LogP contribution < -0.4 is 10.1 Å². The van der Waals surface area contributed by atoms with Crippen LogP contribution in [0, 0.1) is 6.92 Å². The minimum atomic E-state index is -1.01. The summed E-state index contributed by atoms with van der Waals surface area (Å²) in [5.41, 5.74) is 1.01. The normalized spacial score (nSPS) is 10.2. The molecule has 0 saturated carbocycles. The Morgan fingerprint density at radius 2 is 1.91 bits per heavy atom. The van der Waals surface area contributed by atoms with E-state index in [4.69, 9.17) is 14.3 Å². The van der Waals surface area contributed by atoms with Gasteiger partial charge in [0.15, 0.2) is 12.4 Å². The van der Waals surface area contributed by atoms with E-state index in [0.717, 1.165) is 5.56 Å². The summed E-state index contributed by atoms with van der Waals surface area (Å²) in [6.45, 7) is 1.90. The van der Waals surface area contributed by atoms with Crippen LogP contribution in [0.15, 0.2) is 40.8 Å². The number of carbonyl (C=O) groups is 2. The number of aliphatic carboxylic acids is 1. The van der Waals surface area contributed by atoms with Crippen molar-refractivity contribution in [1.82, 2.24) is 5.32 Å². The van der Waals surface area contributed by atoms with Gasteiger partial charge < -0.3 is 19.6 Å². The van der Waals surface area contributed by atoms with Gasteiger partial charge in [-0.1, -0.05) is 12.1 Å². The molecule has 6 nitrogen and oxygen atoms in total. The number of furan rings is 1. The molecule has 22 heavy (non-hydrogen) atoms. The highest BCUT2D eigenvalue weighted by Crippen LogP contribution is 2.12. The topological polar surface area (TPSA) is 88.8 Å². The quantitative estimate of drug-likeness (QED) is 0.817. The molecule has 116 valence electrons. The van der Waals surface area contributed by atoms with E-state index in [-0.39, 0.29) is 12.5 Å². The summed E-state index contributed by atoms with van der Waals surface area (Å²) in [7, 11) is 0. The smallest absolute Gasteiger partial charge is 0.341 e. The number of carbonyl (C=O) groups excluding carboxylic acids is 1. The second-order valence-corrected chi connectivity index (χ2v) is 4.74. The second kappa shape index (κ2) is 7.31. The van der Waals surface area contributed by atoms with Crippen LogP contribution in [0.1, 0.15) is 21.9 Å². The highest BCUT2D eigenvalue weighted by molar-refractivity contribution is 5.91. The number of amides is 1. The highest BCUT2D eigenvalue weighted by Gasteiger charge is 2.08. The number of hydrogen-bond donors (Lipinski definition) is 2. The molecule has 0 unspecified atom stereocenters. The van der Waals surface area contributed by atoms with Gasteiger partial charge in [-0.15, -0.1) is 0 Å². The van der Waals surface area contributed by atoms with Crippen LogP contribution in [0.25, 0.3) is 0 Å². The van der Waals surface area contributed by atoms with E-state index in [0.29, 0.717) is 30.2 Å². The molecule has 1 aromatic carbocycles. The maximum Gasteiger partial charge on any atom is 0.341 e. The summed E-state index contributed by atoms with van der Waals surface area (Å²) < 4.78 is 10.3. The Bertz CT molecular complexity index is 645. The molecule has 2 rings (SSSR count). The zero-order valence-corrected chi connectivity index (χ0v) is 12.2. The Morgan fingerprint density at radius 3 is 2.50 bits per heavy atom. The van der Waals surface area contributed by atoms with Crippen molar-refractivity contribution in [3.63, 3.8) is 0 Å². The number of benzene rings is 1. The van der Waals surface area contributed by atoms with E-state index in [1.165, 1.54) is 0 Å². The van der Waals surface area contributed by atoms with Gasteiger partial charge in [-0.3, -0.25) is 4.79 Å². The molecular formula is C16H17NO5. The third-order valence-electron chi connectivity index (χ3n) is 2.95. The van der Waals surface area contributed by atoms with Crippen LogP contribution in [-0.4, -0.2) is 30.1 Å². The van der Waals surface area contributed by atoms with Gasteiger partial charge in [-0.05, 0) is 43.2 Å². The number of carboxylic acid groups (broad SMARTS) is 1. The fourth-order valence-corrected chi connectivity index (χ4v) is 1.86. The van der Waals surface area contributed by atoms with Crippen LogP contribution >= 0.6 is 0 Å². The number of aryl methyl sites for hydroxylation is 1. The minimum Gasteiger partial charge on any atom is -0.482 e. The zero-order valence-electron chi connectivity index (χ0n) is 12.2. The van der Waals surface area contributed by atoms with E-state index in [9.17, 15) is 9.59 Å². The van der Waals surface area contributed by atoms with Crippen LogP contribution in [0.3, 0.4) is 0 Å². The Kier molecular flexibility index (Phi) is 5.19. The van der Waals surface area contributed by atoms with Crippen LogP contribution in [0.4, 0.5) is 0 Å². The molecule has 0 atom stereocenters. The Balaban J connectivity index is 1.77. The van der Waals surface area contributed by atoms with E-state index in [2.05, 4.69) is 5.32 Å². The van der Waals surface area contributed by atoms with Gasteiger partial charge in [0.2, 0.25) is 0 Å². The lowest BCUT2D eigenvalue weighted by atomic mass is 10.1. The van der Waals surface area contributed by atoms with Crippen molar-refractivity contribution in [2.45, 2.75) is 13.3 Å². The maximum atomic E-state index is 11.8. The third kappa shape index (κ3) is 4.66. The van der Waals surface area contributed by atoms with Crippen molar-refractivity contribution in [3.05, 3.63) is 53.5 Å². The van der Waals surface area contributed by atoms with Crippen LogP contribution in [0.2, 0.25) is 0 Å². The number of nitrogens with one attached hydrogen (secondary N) is 1. The van der Waals surface area contributed by atoms with Crippen molar-refractivity contribution >= 4 is 11.9 Å². The lowest BCUT2D eigenvalue weighted by Gasteiger charge is -2.06. The van der Waals surface area contributed by atoms with Gasteiger partial charge in [0.05, 0.1) is 0 Å². The van der Waals surface area contributed by atoms with Gasteiger partial charge in [0.25, 0.3) is 5.91 Å². The summed E-state index contributed by atoms with van der Waals surface area (Å²) in [5, 5.41) is 11.3. The number of hydrogen-bond acceptors (Lipinski definition) is 4. The van der Waals surface area contributed by atoms with Crippen molar-refractivity contribution in [1.29, 1.82) is 0 Å². The summed E-state index contributed by atoms with van der Waals surface area (Å²) in [4.78, 5) is 22.2. The average molecular weight is 303 g/mol. The monoisotopic (exact) mass is 303 g/mol. The SMILES string of the molecule is Cc1ccc(C(=O)NCCc2ccc(OCC(=O)O)cc2)o1. The molecule has 0 aliphatic rings. The highest BCUT2D eigenvalue weighted by atomic mass is 16.5. The van der Waals surface area contributed by atoms with Gasteiger partial charge in [0.1, 0.15) is 11.5 Å². The first kappa shape index (κ1) is 15.6. The van der Waals surface area contributed by atoms with Crippen LogP contribution in [0.5, 0.6) is 5.75 Å². The number of rotatable bonds is 7. The van der Waals surface area contributed by atoms with Crippen molar-refractivity contribution in [3.8, 4) is 5.75 Å². The Labute approximate surface area is 127 Å². The molecule has 0 bridgehead atoms. The zero-order chi connectivity index (χ0) is 15.9. The van der Waals surface area contributed by atoms with Gasteiger partial charge in [-0.2, -0.15) is 0 Å². The fourth-order valence-electron chi connectivity index (χ4n) is 1.86. The lowest BCUT2D eigenvalue weighted by molar-refractivity contribution is -0.139. The van der Waals surface area contributed by atoms with E-state index in [1.54, 1.807) is 31.2 Å². The van der Waals surface area contributed by atoms with Gasteiger partial charge in [0, 0.05) is 6.54 Å². The molecule has 6 heteroatoms. The minimum absolute atomic E-state index is 0.241. The molecule has 0 saturated heterocycles. The standard InChI is InChI=1S/C16H17NO5/c1-11-2-7-14(22-11)16(20)17-9-8-12-3-5-13(6-4-12)21-10-15(18)19/h2-7H,8-10H2,1H3,(H,17,20)(H,18,19). The van der Waals surface area contributed by atoms with E-state index < -0.39 is 5.97 Å². The van der Waals surface area contributed by atoms with Crippen LogP contribution in [-0.2, 0) is 11.2 Å². The fraction of sp³-hybridized carbons (Fsp3) is 0.250. The molecule has 2 aromatic rings. The predicted octanol–water partition coefficient (Wildman–Crippen LogP) is 2.02. The number of carboxylic acids is 1. The van der Waals surface area contributed by atoms with Crippen molar-refractivity contribution in [2.75, 3.05) is 13.2 Å². The van der Waals surface area contributed by atoms with E-state index >= 15 is 0 Å². The third-order valence-corrected chi connectivity index (χ3v) is 2.95. The first-order valence-electron chi connectivity index (χ1n) is 6.83. The molecular weight excluding hydrogens is 286 g/mol. The molecule has 0 fully saturated rings. The molecule has 2 N–H and O–H groups in total. The van der Waals surface area contributed by atoms with Crippen molar-refractivity contribution in [2.24, 2.45) is 0 Å².